The van der Waals surface area contributed by atoms with Crippen molar-refractivity contribution >= 4 is 17.2 Å². The third kappa shape index (κ3) is 5.80. The minimum atomic E-state index is -0.761. The Morgan fingerprint density at radius 1 is 1.03 bits per heavy atom. The SMILES string of the molecule is COc1ccc(F)c(-c2ccc(COc3ccc(N4CCC[C@H]4CC(=O)O)cc3)cc2C2=CCCC2(C)C)c1. The summed E-state index contributed by atoms with van der Waals surface area (Å²) in [6, 6.07) is 18.9. The second-order valence-corrected chi connectivity index (χ2v) is 11.1. The van der Waals surface area contributed by atoms with Crippen molar-refractivity contribution in [3.8, 4) is 22.6 Å². The van der Waals surface area contributed by atoms with E-state index in [1.165, 1.54) is 11.6 Å². The number of carboxylic acid groups (broad SMARTS) is 1. The molecule has 0 spiro atoms. The molecule has 6 heteroatoms. The predicted molar refractivity (Wildman–Crippen MR) is 153 cm³/mol. The monoisotopic (exact) mass is 529 g/mol. The van der Waals surface area contributed by atoms with Crippen molar-refractivity contribution in [1.82, 2.24) is 0 Å². The topological polar surface area (TPSA) is 59.0 Å². The van der Waals surface area contributed by atoms with E-state index in [1.54, 1.807) is 19.2 Å². The summed E-state index contributed by atoms with van der Waals surface area (Å²) >= 11 is 0. The molecule has 3 aromatic carbocycles. The molecule has 0 unspecified atom stereocenters. The Morgan fingerprint density at radius 2 is 1.79 bits per heavy atom. The number of allylic oxidation sites excluding steroid dienone is 2. The molecule has 0 aromatic heterocycles. The molecule has 204 valence electrons. The maximum absolute atomic E-state index is 15.0. The second-order valence-electron chi connectivity index (χ2n) is 11.1. The van der Waals surface area contributed by atoms with Crippen molar-refractivity contribution in [2.75, 3.05) is 18.6 Å². The number of hydrogen-bond donors (Lipinski definition) is 1. The number of carbonyl (C=O) groups is 1. The van der Waals surface area contributed by atoms with E-state index < -0.39 is 5.97 Å². The zero-order valence-electron chi connectivity index (χ0n) is 22.9. The van der Waals surface area contributed by atoms with Crippen LogP contribution in [0.5, 0.6) is 11.5 Å². The Kier molecular flexibility index (Phi) is 7.65. The normalized spacial score (nSPS) is 18.2. The van der Waals surface area contributed by atoms with E-state index in [-0.39, 0.29) is 23.7 Å². The highest BCUT2D eigenvalue weighted by Gasteiger charge is 2.30. The number of ether oxygens (including phenoxy) is 2. The van der Waals surface area contributed by atoms with Gasteiger partial charge in [-0.05, 0) is 102 Å². The van der Waals surface area contributed by atoms with Gasteiger partial charge >= 0.3 is 5.97 Å². The zero-order chi connectivity index (χ0) is 27.6. The highest BCUT2D eigenvalue weighted by molar-refractivity contribution is 5.85. The van der Waals surface area contributed by atoms with Gasteiger partial charge in [0.2, 0.25) is 0 Å². The highest BCUT2D eigenvalue weighted by Crippen LogP contribution is 2.47. The van der Waals surface area contributed by atoms with Crippen LogP contribution in [0.25, 0.3) is 16.7 Å². The molecule has 0 bridgehead atoms. The number of carboxylic acids is 1. The van der Waals surface area contributed by atoms with E-state index in [2.05, 4.69) is 30.9 Å². The summed E-state index contributed by atoms with van der Waals surface area (Å²) in [5.74, 6) is 0.331. The van der Waals surface area contributed by atoms with Crippen molar-refractivity contribution in [3.63, 3.8) is 0 Å². The third-order valence-electron chi connectivity index (χ3n) is 8.05. The van der Waals surface area contributed by atoms with Gasteiger partial charge in [0.05, 0.1) is 13.5 Å². The summed E-state index contributed by atoms with van der Waals surface area (Å²) in [6.07, 6.45) is 6.39. The third-order valence-corrected chi connectivity index (χ3v) is 8.05. The molecule has 1 fully saturated rings. The summed E-state index contributed by atoms with van der Waals surface area (Å²) < 4.78 is 26.6. The molecule has 0 radical (unpaired) electrons. The van der Waals surface area contributed by atoms with Gasteiger partial charge in [0.15, 0.2) is 0 Å². The summed E-state index contributed by atoms with van der Waals surface area (Å²) in [6.45, 7) is 5.73. The van der Waals surface area contributed by atoms with Crippen LogP contribution in [0.2, 0.25) is 0 Å². The van der Waals surface area contributed by atoms with E-state index in [0.29, 0.717) is 17.9 Å². The summed E-state index contributed by atoms with van der Waals surface area (Å²) in [5.41, 5.74) is 5.65. The quantitative estimate of drug-likeness (QED) is 0.307. The Hall–Kier alpha value is -3.80. The number of hydrogen-bond acceptors (Lipinski definition) is 4. The van der Waals surface area contributed by atoms with E-state index in [9.17, 15) is 9.90 Å². The fourth-order valence-electron chi connectivity index (χ4n) is 5.93. The number of anilines is 1. The molecule has 3 aromatic rings. The maximum atomic E-state index is 15.0. The minimum Gasteiger partial charge on any atom is -0.497 e. The van der Waals surface area contributed by atoms with E-state index >= 15 is 4.39 Å². The van der Waals surface area contributed by atoms with Gasteiger partial charge in [0, 0.05) is 23.8 Å². The van der Waals surface area contributed by atoms with Crippen molar-refractivity contribution in [2.45, 2.75) is 58.6 Å². The fraction of sp³-hybridized carbons (Fsp3) is 0.364. The number of aliphatic carboxylic acids is 1. The number of halogens is 1. The van der Waals surface area contributed by atoms with Gasteiger partial charge in [0.25, 0.3) is 0 Å². The minimum absolute atomic E-state index is 0.00647. The largest absolute Gasteiger partial charge is 0.497 e. The molecule has 5 rings (SSSR count). The van der Waals surface area contributed by atoms with Crippen LogP contribution in [-0.2, 0) is 11.4 Å². The average molecular weight is 530 g/mol. The summed E-state index contributed by atoms with van der Waals surface area (Å²) in [7, 11) is 1.59. The van der Waals surface area contributed by atoms with Crippen molar-refractivity contribution in [1.29, 1.82) is 0 Å². The molecule has 2 aliphatic rings. The van der Waals surface area contributed by atoms with E-state index in [1.807, 2.05) is 36.4 Å². The first-order chi connectivity index (χ1) is 18.7. The Labute approximate surface area is 229 Å². The average Bonchev–Trinajstić information content (AvgIpc) is 3.53. The van der Waals surface area contributed by atoms with Crippen LogP contribution in [0.4, 0.5) is 10.1 Å². The molecule has 1 N–H and O–H groups in total. The molecule has 39 heavy (non-hydrogen) atoms. The molecule has 1 aliphatic carbocycles. The molecule has 1 atom stereocenters. The van der Waals surface area contributed by atoms with Gasteiger partial charge < -0.3 is 19.5 Å². The Balaban J connectivity index is 1.38. The first-order valence-corrected chi connectivity index (χ1v) is 13.6. The lowest BCUT2D eigenvalue weighted by molar-refractivity contribution is -0.137. The van der Waals surface area contributed by atoms with E-state index in [4.69, 9.17) is 9.47 Å². The lowest BCUT2D eigenvalue weighted by Crippen LogP contribution is -2.31. The number of methoxy groups -OCH3 is 1. The van der Waals surface area contributed by atoms with Crippen LogP contribution in [0.3, 0.4) is 0 Å². The fourth-order valence-corrected chi connectivity index (χ4v) is 5.93. The van der Waals surface area contributed by atoms with Crippen LogP contribution >= 0.6 is 0 Å². The standard InChI is InChI=1S/C33H36FNO4/c1-33(2)16-4-7-30(33)28-18-22(8-14-27(28)29-20-26(38-3)13-15-31(29)34)21-39-25-11-9-23(10-12-25)35-17-5-6-24(35)19-32(36)37/h7-15,18,20,24H,4-6,16-17,19,21H2,1-3H3,(H,36,37)/t24-/m0/s1. The first kappa shape index (κ1) is 26.8. The number of nitrogens with zero attached hydrogens (tertiary/aromatic N) is 1. The molecular weight excluding hydrogens is 493 g/mol. The van der Waals surface area contributed by atoms with Crippen molar-refractivity contribution < 1.29 is 23.8 Å². The van der Waals surface area contributed by atoms with Gasteiger partial charge in [0.1, 0.15) is 23.9 Å². The first-order valence-electron chi connectivity index (χ1n) is 13.6. The molecule has 1 aliphatic heterocycles. The van der Waals surface area contributed by atoms with Crippen LogP contribution in [0, 0.1) is 11.2 Å². The second kappa shape index (κ2) is 11.1. The van der Waals surface area contributed by atoms with Crippen LogP contribution in [0.15, 0.2) is 66.7 Å². The molecule has 1 heterocycles. The molecule has 0 saturated carbocycles. The molecular formula is C33H36FNO4. The Bertz CT molecular complexity index is 1380. The molecule has 5 nitrogen and oxygen atoms in total. The van der Waals surface area contributed by atoms with E-state index in [0.717, 1.165) is 60.4 Å². The summed E-state index contributed by atoms with van der Waals surface area (Å²) in [4.78, 5) is 13.4. The van der Waals surface area contributed by atoms with Crippen LogP contribution in [0.1, 0.15) is 57.1 Å². The maximum Gasteiger partial charge on any atom is 0.305 e. The van der Waals surface area contributed by atoms with Gasteiger partial charge in [-0.2, -0.15) is 0 Å². The van der Waals surface area contributed by atoms with Crippen LogP contribution < -0.4 is 14.4 Å². The number of rotatable bonds is 9. The summed E-state index contributed by atoms with van der Waals surface area (Å²) in [5, 5.41) is 9.22. The smallest absolute Gasteiger partial charge is 0.305 e. The highest BCUT2D eigenvalue weighted by atomic mass is 19.1. The van der Waals surface area contributed by atoms with Crippen molar-refractivity contribution in [2.24, 2.45) is 5.41 Å². The lowest BCUT2D eigenvalue weighted by atomic mass is 9.79. The van der Waals surface area contributed by atoms with Gasteiger partial charge in [-0.25, -0.2) is 4.39 Å². The van der Waals surface area contributed by atoms with Gasteiger partial charge in [-0.1, -0.05) is 32.1 Å². The van der Waals surface area contributed by atoms with Gasteiger partial charge in [-0.3, -0.25) is 4.79 Å². The lowest BCUT2D eigenvalue weighted by Gasteiger charge is -2.26. The predicted octanol–water partition coefficient (Wildman–Crippen LogP) is 7.73. The van der Waals surface area contributed by atoms with Crippen LogP contribution in [-0.4, -0.2) is 30.8 Å². The molecule has 0 amide bonds. The molecule has 1 saturated heterocycles. The van der Waals surface area contributed by atoms with Gasteiger partial charge in [-0.15, -0.1) is 0 Å². The zero-order valence-corrected chi connectivity index (χ0v) is 22.9. The number of benzene rings is 3. The van der Waals surface area contributed by atoms with Crippen molar-refractivity contribution in [3.05, 3.63) is 83.7 Å². The Morgan fingerprint density at radius 3 is 2.49 bits per heavy atom.